The number of carbonyl (C=O) groups is 1. The number of carboxylic acid groups (broad SMARTS) is 1. The molecule has 2 heterocycles. The summed E-state index contributed by atoms with van der Waals surface area (Å²) in [6.45, 7) is 0. The van der Waals surface area contributed by atoms with E-state index in [4.69, 9.17) is 4.42 Å². The fourth-order valence-corrected chi connectivity index (χ4v) is 1.99. The number of aromatic carboxylic acids is 1. The lowest BCUT2D eigenvalue weighted by atomic mass is 10.2. The van der Waals surface area contributed by atoms with Crippen LogP contribution in [0, 0.1) is 10.1 Å². The largest absolute Gasteiger partial charge is 0.477 e. The summed E-state index contributed by atoms with van der Waals surface area (Å²) in [6.07, 6.45) is 1.46. The molecule has 0 spiro atoms. The van der Waals surface area contributed by atoms with Crippen LogP contribution in [0.25, 0.3) is 17.1 Å². The fraction of sp³-hybridized carbons (Fsp3) is 0. The number of furan rings is 1. The molecular weight excluding hydrogens is 290 g/mol. The molecule has 0 aliphatic heterocycles. The van der Waals surface area contributed by atoms with Crippen molar-refractivity contribution in [3.05, 3.63) is 64.5 Å². The highest BCUT2D eigenvalue weighted by Gasteiger charge is 2.18. The molecule has 1 N–H and O–H groups in total. The zero-order valence-electron chi connectivity index (χ0n) is 11.0. The van der Waals surface area contributed by atoms with Crippen molar-refractivity contribution in [2.45, 2.75) is 0 Å². The monoisotopic (exact) mass is 299 g/mol. The summed E-state index contributed by atoms with van der Waals surface area (Å²) in [5, 5.41) is 24.1. The van der Waals surface area contributed by atoms with Gasteiger partial charge < -0.3 is 9.52 Å². The van der Waals surface area contributed by atoms with E-state index < -0.39 is 10.9 Å². The van der Waals surface area contributed by atoms with Crippen LogP contribution < -0.4 is 0 Å². The summed E-state index contributed by atoms with van der Waals surface area (Å²) in [6, 6.07) is 10.1. The van der Waals surface area contributed by atoms with Crippen molar-refractivity contribution in [1.29, 1.82) is 0 Å². The van der Waals surface area contributed by atoms with E-state index in [2.05, 4.69) is 5.10 Å². The Labute approximate surface area is 123 Å². The third-order valence-corrected chi connectivity index (χ3v) is 3.01. The van der Waals surface area contributed by atoms with Gasteiger partial charge in [0.05, 0.1) is 16.9 Å². The van der Waals surface area contributed by atoms with E-state index in [1.165, 1.54) is 41.3 Å². The molecular formula is C14H9N3O5. The Balaban J connectivity index is 2.09. The van der Waals surface area contributed by atoms with Crippen LogP contribution in [0.5, 0.6) is 0 Å². The van der Waals surface area contributed by atoms with Crippen LogP contribution in [0.1, 0.15) is 10.5 Å². The Hall–Kier alpha value is -3.42. The van der Waals surface area contributed by atoms with E-state index in [-0.39, 0.29) is 11.4 Å². The number of carboxylic acids is 1. The van der Waals surface area contributed by atoms with Gasteiger partial charge in [0.25, 0.3) is 5.69 Å². The van der Waals surface area contributed by atoms with Crippen molar-refractivity contribution < 1.29 is 19.2 Å². The van der Waals surface area contributed by atoms with Gasteiger partial charge in [-0.15, -0.1) is 0 Å². The second kappa shape index (κ2) is 5.17. The Bertz CT molecular complexity index is 834. The molecule has 1 aromatic carbocycles. The SMILES string of the molecule is O=C(O)c1cc(-c2ccco2)nn1-c1ccc([N+](=O)[O-])cc1. The zero-order chi connectivity index (χ0) is 15.7. The van der Waals surface area contributed by atoms with Crippen molar-refractivity contribution in [3.63, 3.8) is 0 Å². The van der Waals surface area contributed by atoms with Crippen LogP contribution in [0.2, 0.25) is 0 Å². The summed E-state index contributed by atoms with van der Waals surface area (Å²) in [5.41, 5.74) is 0.612. The summed E-state index contributed by atoms with van der Waals surface area (Å²) in [4.78, 5) is 21.5. The molecule has 0 aliphatic carbocycles. The van der Waals surface area contributed by atoms with Crippen LogP contribution >= 0.6 is 0 Å². The normalized spacial score (nSPS) is 10.5. The third kappa shape index (κ3) is 2.33. The smallest absolute Gasteiger partial charge is 0.354 e. The number of nitro benzene ring substituents is 1. The van der Waals surface area contributed by atoms with E-state index >= 15 is 0 Å². The van der Waals surface area contributed by atoms with Gasteiger partial charge in [-0.05, 0) is 24.3 Å². The number of aromatic nitrogens is 2. The molecule has 2 aromatic heterocycles. The molecule has 3 aromatic rings. The van der Waals surface area contributed by atoms with Crippen molar-refractivity contribution in [2.75, 3.05) is 0 Å². The molecule has 110 valence electrons. The minimum Gasteiger partial charge on any atom is -0.477 e. The number of nitrogens with zero attached hydrogens (tertiary/aromatic N) is 3. The zero-order valence-corrected chi connectivity index (χ0v) is 11.0. The Morgan fingerprint density at radius 2 is 2.00 bits per heavy atom. The first kappa shape index (κ1) is 13.6. The van der Waals surface area contributed by atoms with Gasteiger partial charge in [-0.25, -0.2) is 9.48 Å². The molecule has 0 saturated heterocycles. The summed E-state index contributed by atoms with van der Waals surface area (Å²) < 4.78 is 6.39. The van der Waals surface area contributed by atoms with Gasteiger partial charge in [0.15, 0.2) is 11.5 Å². The minimum atomic E-state index is -1.16. The maximum Gasteiger partial charge on any atom is 0.354 e. The molecule has 0 aliphatic rings. The van der Waals surface area contributed by atoms with Crippen LogP contribution in [0.3, 0.4) is 0 Å². The molecule has 0 saturated carbocycles. The topological polar surface area (TPSA) is 111 Å². The molecule has 8 nitrogen and oxygen atoms in total. The van der Waals surface area contributed by atoms with Gasteiger partial charge in [0, 0.05) is 18.2 Å². The summed E-state index contributed by atoms with van der Waals surface area (Å²) >= 11 is 0. The quantitative estimate of drug-likeness (QED) is 0.585. The number of hydrogen-bond acceptors (Lipinski definition) is 5. The van der Waals surface area contributed by atoms with E-state index in [9.17, 15) is 20.0 Å². The molecule has 0 radical (unpaired) electrons. The lowest BCUT2D eigenvalue weighted by Crippen LogP contribution is -2.07. The Kier molecular flexibility index (Phi) is 3.18. The highest BCUT2D eigenvalue weighted by atomic mass is 16.6. The van der Waals surface area contributed by atoms with E-state index in [0.717, 1.165) is 0 Å². The first-order valence-corrected chi connectivity index (χ1v) is 6.18. The van der Waals surface area contributed by atoms with Gasteiger partial charge in [-0.3, -0.25) is 10.1 Å². The Morgan fingerprint density at radius 1 is 1.27 bits per heavy atom. The van der Waals surface area contributed by atoms with Gasteiger partial charge in [0.1, 0.15) is 5.69 Å². The second-order valence-electron chi connectivity index (χ2n) is 4.38. The molecule has 0 amide bonds. The number of hydrogen-bond donors (Lipinski definition) is 1. The maximum absolute atomic E-state index is 11.4. The average Bonchev–Trinajstić information content (AvgIpc) is 3.16. The van der Waals surface area contributed by atoms with Crippen LogP contribution in [-0.2, 0) is 0 Å². The first-order chi connectivity index (χ1) is 10.6. The van der Waals surface area contributed by atoms with Gasteiger partial charge >= 0.3 is 5.97 Å². The van der Waals surface area contributed by atoms with Gasteiger partial charge in [-0.2, -0.15) is 5.10 Å². The van der Waals surface area contributed by atoms with Crippen LogP contribution in [0.4, 0.5) is 5.69 Å². The molecule has 0 atom stereocenters. The molecule has 8 heteroatoms. The predicted molar refractivity (Wildman–Crippen MR) is 74.9 cm³/mol. The number of rotatable bonds is 4. The molecule has 22 heavy (non-hydrogen) atoms. The molecule has 0 bridgehead atoms. The fourth-order valence-electron chi connectivity index (χ4n) is 1.99. The van der Waals surface area contributed by atoms with Gasteiger partial charge in [0.2, 0.25) is 0 Å². The van der Waals surface area contributed by atoms with Gasteiger partial charge in [-0.1, -0.05) is 0 Å². The molecule has 3 rings (SSSR count). The lowest BCUT2D eigenvalue weighted by molar-refractivity contribution is -0.384. The Morgan fingerprint density at radius 3 is 2.55 bits per heavy atom. The van der Waals surface area contributed by atoms with Crippen LogP contribution in [-0.4, -0.2) is 25.8 Å². The van der Waals surface area contributed by atoms with E-state index in [0.29, 0.717) is 17.1 Å². The lowest BCUT2D eigenvalue weighted by Gasteiger charge is -2.03. The standard InChI is InChI=1S/C14H9N3O5/c18-14(19)12-8-11(13-2-1-7-22-13)15-16(12)9-3-5-10(6-4-9)17(20)21/h1-8H,(H,18,19). The van der Waals surface area contributed by atoms with Crippen molar-refractivity contribution in [2.24, 2.45) is 0 Å². The average molecular weight is 299 g/mol. The molecule has 0 unspecified atom stereocenters. The maximum atomic E-state index is 11.4. The highest BCUT2D eigenvalue weighted by molar-refractivity contribution is 5.87. The van der Waals surface area contributed by atoms with Crippen molar-refractivity contribution >= 4 is 11.7 Å². The predicted octanol–water partition coefficient (Wildman–Crippen LogP) is 2.74. The van der Waals surface area contributed by atoms with Crippen LogP contribution in [0.15, 0.2) is 53.1 Å². The summed E-state index contributed by atoms with van der Waals surface area (Å²) in [7, 11) is 0. The number of benzene rings is 1. The second-order valence-corrected chi connectivity index (χ2v) is 4.38. The van der Waals surface area contributed by atoms with E-state index in [1.54, 1.807) is 12.1 Å². The summed E-state index contributed by atoms with van der Waals surface area (Å²) in [5.74, 6) is -0.730. The number of nitro groups is 1. The van der Waals surface area contributed by atoms with E-state index in [1.807, 2.05) is 0 Å². The third-order valence-electron chi connectivity index (χ3n) is 3.01. The minimum absolute atomic E-state index is 0.0692. The highest BCUT2D eigenvalue weighted by Crippen LogP contribution is 2.23. The number of non-ortho nitro benzene ring substituents is 1. The van der Waals surface area contributed by atoms with Crippen molar-refractivity contribution in [1.82, 2.24) is 9.78 Å². The van der Waals surface area contributed by atoms with Crippen molar-refractivity contribution in [3.8, 4) is 17.1 Å². The first-order valence-electron chi connectivity index (χ1n) is 6.18. The molecule has 0 fully saturated rings.